The number of benzene rings is 2. The van der Waals surface area contributed by atoms with Crippen LogP contribution in [0.1, 0.15) is 61.5 Å². The molecule has 0 saturated heterocycles. The first-order valence-electron chi connectivity index (χ1n) is 12.8. The second-order valence-electron chi connectivity index (χ2n) is 10.3. The van der Waals surface area contributed by atoms with Gasteiger partial charge in [0.05, 0.1) is 52.9 Å². The highest BCUT2D eigenvalue weighted by Gasteiger charge is 2.56. The highest BCUT2D eigenvalue weighted by molar-refractivity contribution is 6.30. The number of pyridine rings is 1. The Bertz CT molecular complexity index is 1730. The fraction of sp³-hybridized carbons (Fsp3) is 0.233. The molecule has 1 saturated carbocycles. The molecular formula is C30H23ClFN5O4. The number of amides is 1. The van der Waals surface area contributed by atoms with Gasteiger partial charge in [0.1, 0.15) is 11.9 Å². The van der Waals surface area contributed by atoms with Crippen molar-refractivity contribution in [1.29, 1.82) is 5.26 Å². The van der Waals surface area contributed by atoms with E-state index in [1.165, 1.54) is 34.2 Å². The summed E-state index contributed by atoms with van der Waals surface area (Å²) in [5.74, 6) is -1.91. The molecule has 1 aliphatic heterocycles. The number of hydrogen-bond donors (Lipinski definition) is 1. The number of ether oxygens (including phenoxy) is 1. The summed E-state index contributed by atoms with van der Waals surface area (Å²) in [6.45, 7) is -0.291. The zero-order chi connectivity index (χ0) is 28.9. The monoisotopic (exact) mass is 571 g/mol. The third-order valence-electron chi connectivity index (χ3n) is 7.40. The number of rotatable bonds is 8. The summed E-state index contributed by atoms with van der Waals surface area (Å²) in [6.07, 6.45) is 5.27. The molecule has 41 heavy (non-hydrogen) atoms. The van der Waals surface area contributed by atoms with Crippen molar-refractivity contribution in [1.82, 2.24) is 19.7 Å². The van der Waals surface area contributed by atoms with Crippen LogP contribution >= 0.6 is 11.6 Å². The first-order chi connectivity index (χ1) is 19.6. The number of nitrogens with zero attached hydrogens (tertiary/aromatic N) is 5. The van der Waals surface area contributed by atoms with E-state index in [0.29, 0.717) is 34.7 Å². The Kier molecular flexibility index (Phi) is 6.46. The highest BCUT2D eigenvalue weighted by atomic mass is 35.5. The number of halogens is 2. The van der Waals surface area contributed by atoms with Gasteiger partial charge in [-0.3, -0.25) is 24.2 Å². The molecule has 3 heterocycles. The molecule has 0 spiro atoms. The van der Waals surface area contributed by atoms with Gasteiger partial charge in [0.15, 0.2) is 11.5 Å². The molecule has 11 heteroatoms. The van der Waals surface area contributed by atoms with Gasteiger partial charge in [0.25, 0.3) is 5.91 Å². The molecule has 2 aliphatic rings. The maximum Gasteiger partial charge on any atom is 0.257 e. The van der Waals surface area contributed by atoms with E-state index in [2.05, 4.69) is 10.1 Å². The van der Waals surface area contributed by atoms with Crippen molar-refractivity contribution in [3.05, 3.63) is 117 Å². The van der Waals surface area contributed by atoms with Crippen LogP contribution in [0, 0.1) is 17.1 Å². The second-order valence-corrected chi connectivity index (χ2v) is 10.8. The SMILES string of the molecule is Cn1cc(C(=O)c2cc(F)c3c(c2)C(=O)N(Cc2ccc(C#N)cn2)[C@@]3(OCC2(O)CC2)c2ccc(Cl)cc2)cn1. The second kappa shape index (κ2) is 9.89. The predicted octanol–water partition coefficient (Wildman–Crippen LogP) is 4.11. The number of ketones is 1. The van der Waals surface area contributed by atoms with Crippen molar-refractivity contribution in [2.24, 2.45) is 7.05 Å². The third-order valence-corrected chi connectivity index (χ3v) is 7.65. The van der Waals surface area contributed by atoms with E-state index in [9.17, 15) is 20.0 Å². The molecule has 2 aromatic carbocycles. The van der Waals surface area contributed by atoms with Crippen molar-refractivity contribution < 1.29 is 23.8 Å². The molecule has 0 unspecified atom stereocenters. The van der Waals surface area contributed by atoms with Crippen molar-refractivity contribution in [2.45, 2.75) is 30.7 Å². The Morgan fingerprint density at radius 1 is 1.17 bits per heavy atom. The molecule has 0 radical (unpaired) electrons. The van der Waals surface area contributed by atoms with E-state index < -0.39 is 28.8 Å². The van der Waals surface area contributed by atoms with Gasteiger partial charge in [-0.25, -0.2) is 4.39 Å². The van der Waals surface area contributed by atoms with Gasteiger partial charge in [0, 0.05) is 35.6 Å². The van der Waals surface area contributed by atoms with Gasteiger partial charge in [0.2, 0.25) is 0 Å². The van der Waals surface area contributed by atoms with Crippen molar-refractivity contribution in [3.63, 3.8) is 0 Å². The summed E-state index contributed by atoms with van der Waals surface area (Å²) >= 11 is 6.18. The maximum atomic E-state index is 16.3. The van der Waals surface area contributed by atoms with E-state index in [0.717, 1.165) is 6.07 Å². The minimum absolute atomic E-state index is 0.0215. The lowest BCUT2D eigenvalue weighted by Crippen LogP contribution is -2.48. The minimum atomic E-state index is -1.81. The molecule has 2 aromatic heterocycles. The van der Waals surface area contributed by atoms with Gasteiger partial charge in [-0.05, 0) is 49.2 Å². The Hall–Kier alpha value is -4.43. The zero-order valence-corrected chi connectivity index (χ0v) is 22.6. The van der Waals surface area contributed by atoms with Gasteiger partial charge in [-0.1, -0.05) is 23.7 Å². The summed E-state index contributed by atoms with van der Waals surface area (Å²) in [7, 11) is 1.66. The molecule has 4 aromatic rings. The first-order valence-corrected chi connectivity index (χ1v) is 13.2. The maximum absolute atomic E-state index is 16.3. The van der Waals surface area contributed by atoms with E-state index in [4.69, 9.17) is 16.3 Å². The van der Waals surface area contributed by atoms with Crippen LogP contribution in [-0.4, -0.2) is 48.7 Å². The first kappa shape index (κ1) is 26.8. The van der Waals surface area contributed by atoms with Crippen LogP contribution in [0.25, 0.3) is 0 Å². The number of carbonyl (C=O) groups is 2. The third kappa shape index (κ3) is 4.68. The molecule has 1 aliphatic carbocycles. The summed E-state index contributed by atoms with van der Waals surface area (Å²) in [5, 5.41) is 24.3. The topological polar surface area (TPSA) is 121 Å². The average molecular weight is 572 g/mol. The van der Waals surface area contributed by atoms with Crippen LogP contribution in [0.15, 0.2) is 67.1 Å². The lowest BCUT2D eigenvalue weighted by molar-refractivity contribution is -0.139. The van der Waals surface area contributed by atoms with Gasteiger partial charge in [-0.15, -0.1) is 0 Å². The molecule has 1 N–H and O–H groups in total. The zero-order valence-electron chi connectivity index (χ0n) is 21.8. The fourth-order valence-electron chi connectivity index (χ4n) is 5.05. The number of hydrogen-bond acceptors (Lipinski definition) is 7. The van der Waals surface area contributed by atoms with E-state index in [1.807, 2.05) is 6.07 Å². The molecule has 206 valence electrons. The number of aryl methyl sites for hydroxylation is 1. The van der Waals surface area contributed by atoms with Crippen LogP contribution in [0.2, 0.25) is 5.02 Å². The molecular weight excluding hydrogens is 549 g/mol. The van der Waals surface area contributed by atoms with Crippen LogP contribution in [-0.2, 0) is 24.1 Å². The molecule has 9 nitrogen and oxygen atoms in total. The highest BCUT2D eigenvalue weighted by Crippen LogP contribution is 2.49. The number of aliphatic hydroxyl groups is 1. The van der Waals surface area contributed by atoms with Crippen molar-refractivity contribution >= 4 is 23.3 Å². The van der Waals surface area contributed by atoms with Gasteiger partial charge < -0.3 is 9.84 Å². The van der Waals surface area contributed by atoms with Crippen LogP contribution in [0.3, 0.4) is 0 Å². The van der Waals surface area contributed by atoms with E-state index in [1.54, 1.807) is 43.4 Å². The summed E-state index contributed by atoms with van der Waals surface area (Å²) in [4.78, 5) is 33.0. The van der Waals surface area contributed by atoms with Gasteiger partial charge >= 0.3 is 0 Å². The number of nitriles is 1. The normalized spacial score (nSPS) is 18.7. The Morgan fingerprint density at radius 3 is 2.54 bits per heavy atom. The molecule has 0 bridgehead atoms. The molecule has 1 amide bonds. The van der Waals surface area contributed by atoms with Crippen molar-refractivity contribution in [2.75, 3.05) is 6.61 Å². The van der Waals surface area contributed by atoms with Gasteiger partial charge in [-0.2, -0.15) is 10.4 Å². The summed E-state index contributed by atoms with van der Waals surface area (Å²) in [6, 6.07) is 14.1. The number of carbonyl (C=O) groups excluding carboxylic acids is 2. The Labute approximate surface area is 239 Å². The lowest BCUT2D eigenvalue weighted by atomic mass is 9.90. The molecule has 1 atom stereocenters. The fourth-order valence-corrected chi connectivity index (χ4v) is 5.17. The number of aromatic nitrogens is 3. The summed E-state index contributed by atoms with van der Waals surface area (Å²) < 4.78 is 24.2. The van der Waals surface area contributed by atoms with E-state index in [-0.39, 0.29) is 35.4 Å². The average Bonchev–Trinajstić information content (AvgIpc) is 3.46. The Balaban J connectivity index is 1.54. The van der Waals surface area contributed by atoms with Crippen LogP contribution in [0.5, 0.6) is 0 Å². The molecule has 6 rings (SSSR count). The van der Waals surface area contributed by atoms with Crippen LogP contribution in [0.4, 0.5) is 4.39 Å². The Morgan fingerprint density at radius 2 is 1.93 bits per heavy atom. The largest absolute Gasteiger partial charge is 0.387 e. The lowest BCUT2D eigenvalue weighted by Gasteiger charge is -2.40. The quantitative estimate of drug-likeness (QED) is 0.316. The standard InChI is InChI=1S/C30H23ClFN5O4/c1-36-15-20(14-35-36)27(38)19-10-24-26(25(32)11-19)30(41-17-29(40)8-9-29,21-3-5-22(31)6-4-21)37(28(24)39)16-23-7-2-18(12-33)13-34-23/h2-7,10-11,13-15,40H,8-9,16-17H2,1H3/t30-/m1/s1. The van der Waals surface area contributed by atoms with Crippen molar-refractivity contribution in [3.8, 4) is 6.07 Å². The van der Waals surface area contributed by atoms with Crippen LogP contribution < -0.4 is 0 Å². The van der Waals surface area contributed by atoms with E-state index >= 15 is 4.39 Å². The minimum Gasteiger partial charge on any atom is -0.387 e. The molecule has 1 fully saturated rings. The predicted molar refractivity (Wildman–Crippen MR) is 144 cm³/mol. The smallest absolute Gasteiger partial charge is 0.257 e. The summed E-state index contributed by atoms with van der Waals surface area (Å²) in [5.41, 5.74) is -1.67. The number of fused-ring (bicyclic) bond motifs is 1.